The highest BCUT2D eigenvalue weighted by atomic mass is 16.5. The maximum Gasteiger partial charge on any atom is 0.0700 e. The molecule has 1 rings (SSSR count). The summed E-state index contributed by atoms with van der Waals surface area (Å²) in [7, 11) is 1.68. The molecule has 0 aromatic carbocycles. The molecule has 1 aliphatic carbocycles. The summed E-state index contributed by atoms with van der Waals surface area (Å²) in [5.74, 6) is 1.17. The van der Waals surface area contributed by atoms with Crippen molar-refractivity contribution in [1.29, 1.82) is 0 Å². The van der Waals surface area contributed by atoms with Gasteiger partial charge in [-0.1, -0.05) is 6.42 Å². The molecule has 1 saturated carbocycles. The van der Waals surface area contributed by atoms with Gasteiger partial charge in [0.15, 0.2) is 0 Å². The molecule has 0 spiro atoms. The van der Waals surface area contributed by atoms with Crippen LogP contribution in [0.15, 0.2) is 0 Å². The third-order valence-electron chi connectivity index (χ3n) is 3.31. The second-order valence-electron chi connectivity index (χ2n) is 4.44. The van der Waals surface area contributed by atoms with Crippen molar-refractivity contribution in [2.45, 2.75) is 19.3 Å². The van der Waals surface area contributed by atoms with Gasteiger partial charge in [0, 0.05) is 20.3 Å². The van der Waals surface area contributed by atoms with Gasteiger partial charge in [0.1, 0.15) is 0 Å². The van der Waals surface area contributed by atoms with Gasteiger partial charge < -0.3 is 19.9 Å². The van der Waals surface area contributed by atoms with Gasteiger partial charge in [-0.3, -0.25) is 0 Å². The van der Waals surface area contributed by atoms with Crippen molar-refractivity contribution in [3.63, 3.8) is 0 Å². The molecule has 2 atom stereocenters. The van der Waals surface area contributed by atoms with E-state index in [4.69, 9.17) is 14.6 Å². The van der Waals surface area contributed by atoms with Crippen molar-refractivity contribution in [3.05, 3.63) is 0 Å². The maximum absolute atomic E-state index is 9.17. The highest BCUT2D eigenvalue weighted by molar-refractivity contribution is 4.78. The summed E-state index contributed by atoms with van der Waals surface area (Å²) in [5.41, 5.74) is 0. The summed E-state index contributed by atoms with van der Waals surface area (Å²) in [6, 6.07) is 0. The number of nitrogens with one attached hydrogen (secondary N) is 1. The number of aliphatic hydroxyl groups excluding tert-OH is 1. The molecule has 96 valence electrons. The lowest BCUT2D eigenvalue weighted by Crippen LogP contribution is -2.29. The predicted octanol–water partition coefficient (Wildman–Crippen LogP) is 0.648. The molecule has 1 fully saturated rings. The second kappa shape index (κ2) is 8.93. The first-order valence-electron chi connectivity index (χ1n) is 6.26. The van der Waals surface area contributed by atoms with Crippen LogP contribution in [0, 0.1) is 11.8 Å². The average Bonchev–Trinajstić information content (AvgIpc) is 2.75. The van der Waals surface area contributed by atoms with Crippen LogP contribution < -0.4 is 5.32 Å². The van der Waals surface area contributed by atoms with Crippen molar-refractivity contribution in [2.24, 2.45) is 11.8 Å². The molecule has 0 aromatic rings. The quantitative estimate of drug-likeness (QED) is 0.572. The van der Waals surface area contributed by atoms with E-state index in [0.29, 0.717) is 31.7 Å². The van der Waals surface area contributed by atoms with E-state index in [1.807, 2.05) is 0 Å². The number of methoxy groups -OCH3 is 1. The molecule has 2 N–H and O–H groups in total. The first-order chi connectivity index (χ1) is 7.88. The van der Waals surface area contributed by atoms with Gasteiger partial charge >= 0.3 is 0 Å². The Hall–Kier alpha value is -0.160. The maximum atomic E-state index is 9.17. The van der Waals surface area contributed by atoms with Crippen molar-refractivity contribution in [1.82, 2.24) is 5.32 Å². The number of hydrogen-bond donors (Lipinski definition) is 2. The van der Waals surface area contributed by atoms with Crippen LogP contribution in [0.25, 0.3) is 0 Å². The molecule has 0 amide bonds. The lowest BCUT2D eigenvalue weighted by Gasteiger charge is -2.17. The lowest BCUT2D eigenvalue weighted by atomic mass is 9.97. The number of aliphatic hydroxyl groups is 1. The average molecular weight is 231 g/mol. The number of hydrogen-bond acceptors (Lipinski definition) is 4. The summed E-state index contributed by atoms with van der Waals surface area (Å²) in [6.45, 7) is 4.31. The SMILES string of the molecule is COCCOCCNCC1CCCC1CO. The normalized spacial score (nSPS) is 25.1. The Balaban J connectivity index is 1.90. The number of ether oxygens (including phenoxy) is 2. The summed E-state index contributed by atoms with van der Waals surface area (Å²) in [5, 5.41) is 12.6. The first kappa shape index (κ1) is 13.9. The van der Waals surface area contributed by atoms with Gasteiger partial charge in [-0.2, -0.15) is 0 Å². The molecule has 4 heteroatoms. The first-order valence-corrected chi connectivity index (χ1v) is 6.26. The van der Waals surface area contributed by atoms with Crippen LogP contribution in [0.4, 0.5) is 0 Å². The minimum Gasteiger partial charge on any atom is -0.396 e. The van der Waals surface area contributed by atoms with E-state index in [9.17, 15) is 0 Å². The third-order valence-corrected chi connectivity index (χ3v) is 3.31. The van der Waals surface area contributed by atoms with Gasteiger partial charge in [0.05, 0.1) is 19.8 Å². The van der Waals surface area contributed by atoms with Gasteiger partial charge in [-0.05, 0) is 31.2 Å². The fourth-order valence-electron chi connectivity index (χ4n) is 2.30. The van der Waals surface area contributed by atoms with E-state index in [0.717, 1.165) is 19.7 Å². The molecule has 0 heterocycles. The molecule has 0 saturated heterocycles. The fourth-order valence-corrected chi connectivity index (χ4v) is 2.30. The molecule has 4 nitrogen and oxygen atoms in total. The smallest absolute Gasteiger partial charge is 0.0700 e. The molecule has 0 aliphatic heterocycles. The summed E-state index contributed by atoms with van der Waals surface area (Å²) >= 11 is 0. The largest absolute Gasteiger partial charge is 0.396 e. The Morgan fingerprint density at radius 3 is 2.75 bits per heavy atom. The minimum atomic E-state index is 0.344. The van der Waals surface area contributed by atoms with Gasteiger partial charge in [0.2, 0.25) is 0 Å². The third kappa shape index (κ3) is 5.25. The molecule has 16 heavy (non-hydrogen) atoms. The van der Waals surface area contributed by atoms with E-state index in [1.165, 1.54) is 19.3 Å². The Kier molecular flexibility index (Phi) is 7.76. The van der Waals surface area contributed by atoms with Gasteiger partial charge in [-0.15, -0.1) is 0 Å². The van der Waals surface area contributed by atoms with E-state index in [2.05, 4.69) is 5.32 Å². The second-order valence-corrected chi connectivity index (χ2v) is 4.44. The van der Waals surface area contributed by atoms with Crippen LogP contribution in [0.1, 0.15) is 19.3 Å². The predicted molar refractivity (Wildman–Crippen MR) is 63.5 cm³/mol. The zero-order chi connectivity index (χ0) is 11.6. The minimum absolute atomic E-state index is 0.344. The van der Waals surface area contributed by atoms with E-state index in [1.54, 1.807) is 7.11 Å². The Bertz CT molecular complexity index is 166. The van der Waals surface area contributed by atoms with Gasteiger partial charge in [-0.25, -0.2) is 0 Å². The standard InChI is InChI=1S/C12H25NO3/c1-15-7-8-16-6-5-13-9-11-3-2-4-12(11)10-14/h11-14H,2-10H2,1H3. The molecular formula is C12H25NO3. The summed E-state index contributed by atoms with van der Waals surface area (Å²) in [6.07, 6.45) is 3.71. The van der Waals surface area contributed by atoms with Crippen LogP contribution in [0.3, 0.4) is 0 Å². The van der Waals surface area contributed by atoms with Crippen LogP contribution >= 0.6 is 0 Å². The van der Waals surface area contributed by atoms with Crippen molar-refractivity contribution in [2.75, 3.05) is 46.6 Å². The molecular weight excluding hydrogens is 206 g/mol. The van der Waals surface area contributed by atoms with Crippen LogP contribution in [-0.2, 0) is 9.47 Å². The van der Waals surface area contributed by atoms with Crippen molar-refractivity contribution in [3.8, 4) is 0 Å². The van der Waals surface area contributed by atoms with E-state index >= 15 is 0 Å². The van der Waals surface area contributed by atoms with Crippen molar-refractivity contribution < 1.29 is 14.6 Å². The summed E-state index contributed by atoms with van der Waals surface area (Å²) in [4.78, 5) is 0. The van der Waals surface area contributed by atoms with Crippen LogP contribution in [0.5, 0.6) is 0 Å². The lowest BCUT2D eigenvalue weighted by molar-refractivity contribution is 0.0713. The zero-order valence-electron chi connectivity index (χ0n) is 10.3. The Labute approximate surface area is 98.3 Å². The van der Waals surface area contributed by atoms with Crippen molar-refractivity contribution >= 4 is 0 Å². The molecule has 0 aromatic heterocycles. The van der Waals surface area contributed by atoms with E-state index < -0.39 is 0 Å². The topological polar surface area (TPSA) is 50.7 Å². The van der Waals surface area contributed by atoms with Gasteiger partial charge in [0.25, 0.3) is 0 Å². The highest BCUT2D eigenvalue weighted by Crippen LogP contribution is 2.30. The zero-order valence-corrected chi connectivity index (χ0v) is 10.3. The fraction of sp³-hybridized carbons (Fsp3) is 1.00. The molecule has 1 aliphatic rings. The highest BCUT2D eigenvalue weighted by Gasteiger charge is 2.25. The van der Waals surface area contributed by atoms with Crippen LogP contribution in [-0.4, -0.2) is 51.7 Å². The number of rotatable bonds is 9. The van der Waals surface area contributed by atoms with E-state index in [-0.39, 0.29) is 0 Å². The Morgan fingerprint density at radius 2 is 2.00 bits per heavy atom. The Morgan fingerprint density at radius 1 is 1.19 bits per heavy atom. The monoisotopic (exact) mass is 231 g/mol. The molecule has 2 unspecified atom stereocenters. The molecule has 0 radical (unpaired) electrons. The van der Waals surface area contributed by atoms with Crippen LogP contribution in [0.2, 0.25) is 0 Å². The molecule has 0 bridgehead atoms. The summed E-state index contributed by atoms with van der Waals surface area (Å²) < 4.78 is 10.2.